The molecule has 0 aromatic heterocycles. The second-order valence-electron chi connectivity index (χ2n) is 4.15. The van der Waals surface area contributed by atoms with E-state index in [1.54, 1.807) is 7.11 Å². The number of hydrogen-bond acceptors (Lipinski definition) is 3. The zero-order valence-electron chi connectivity index (χ0n) is 9.99. The van der Waals surface area contributed by atoms with Crippen molar-refractivity contribution in [2.24, 2.45) is 4.99 Å². The molecule has 1 aromatic carbocycles. The van der Waals surface area contributed by atoms with Crippen molar-refractivity contribution in [1.82, 2.24) is 0 Å². The zero-order valence-corrected chi connectivity index (χ0v) is 9.99. The molecule has 3 nitrogen and oxygen atoms in total. The van der Waals surface area contributed by atoms with E-state index < -0.39 is 0 Å². The van der Waals surface area contributed by atoms with Gasteiger partial charge < -0.3 is 9.47 Å². The molecule has 1 aliphatic rings. The molecule has 0 unspecified atom stereocenters. The molecular formula is C13H17NO2. The Hall–Kier alpha value is -1.51. The number of methoxy groups -OCH3 is 1. The number of ether oxygens (including phenoxy) is 2. The number of rotatable bonds is 3. The van der Waals surface area contributed by atoms with Crippen LogP contribution in [0.1, 0.15) is 25.0 Å². The van der Waals surface area contributed by atoms with Gasteiger partial charge in [-0.05, 0) is 43.5 Å². The zero-order chi connectivity index (χ0) is 11.5. The van der Waals surface area contributed by atoms with Gasteiger partial charge in [-0.25, -0.2) is 0 Å². The average Bonchev–Trinajstić information content (AvgIpc) is 2.27. The second kappa shape index (κ2) is 4.56. The van der Waals surface area contributed by atoms with Crippen LogP contribution in [0.3, 0.4) is 0 Å². The van der Waals surface area contributed by atoms with E-state index in [1.165, 1.54) is 5.56 Å². The summed E-state index contributed by atoms with van der Waals surface area (Å²) in [7, 11) is 1.66. The Morgan fingerprint density at radius 1 is 1.25 bits per heavy atom. The molecule has 0 aliphatic carbocycles. The van der Waals surface area contributed by atoms with Gasteiger partial charge >= 0.3 is 0 Å². The fourth-order valence-electron chi connectivity index (χ4n) is 1.81. The van der Waals surface area contributed by atoms with Gasteiger partial charge in [0, 0.05) is 12.8 Å². The monoisotopic (exact) mass is 219 g/mol. The number of benzene rings is 1. The van der Waals surface area contributed by atoms with Crippen molar-refractivity contribution in [2.75, 3.05) is 13.7 Å². The number of nitrogens with zero attached hydrogens (tertiary/aromatic N) is 1. The van der Waals surface area contributed by atoms with Gasteiger partial charge in [0.05, 0.1) is 13.2 Å². The maximum atomic E-state index is 5.73. The average molecular weight is 219 g/mol. The van der Waals surface area contributed by atoms with Crippen molar-refractivity contribution in [3.05, 3.63) is 23.3 Å². The Kier molecular flexibility index (Phi) is 3.13. The van der Waals surface area contributed by atoms with E-state index in [9.17, 15) is 0 Å². The number of aliphatic imine (C=N–C) groups is 1. The molecule has 0 bridgehead atoms. The van der Waals surface area contributed by atoms with E-state index in [0.717, 1.165) is 30.0 Å². The van der Waals surface area contributed by atoms with Crippen LogP contribution in [0.15, 0.2) is 17.1 Å². The third-order valence-corrected chi connectivity index (χ3v) is 2.53. The first-order valence-corrected chi connectivity index (χ1v) is 5.58. The normalized spacial score (nSPS) is 13.8. The predicted molar refractivity (Wildman–Crippen MR) is 64.9 cm³/mol. The smallest absolute Gasteiger partial charge is 0.161 e. The summed E-state index contributed by atoms with van der Waals surface area (Å²) < 4.78 is 11.1. The third-order valence-electron chi connectivity index (χ3n) is 2.53. The van der Waals surface area contributed by atoms with Gasteiger partial charge in [0.15, 0.2) is 11.5 Å². The summed E-state index contributed by atoms with van der Waals surface area (Å²) in [5, 5.41) is 0. The molecule has 86 valence electrons. The molecule has 0 fully saturated rings. The molecule has 1 heterocycles. The van der Waals surface area contributed by atoms with Crippen molar-refractivity contribution in [2.45, 2.75) is 26.4 Å². The Bertz CT molecular complexity index is 411. The quantitative estimate of drug-likeness (QED) is 0.781. The fraction of sp³-hybridized carbons (Fsp3) is 0.462. The van der Waals surface area contributed by atoms with E-state index in [2.05, 4.69) is 11.1 Å². The van der Waals surface area contributed by atoms with Crippen LogP contribution in [0.2, 0.25) is 0 Å². The van der Waals surface area contributed by atoms with Crippen LogP contribution in [0.4, 0.5) is 0 Å². The van der Waals surface area contributed by atoms with Crippen LogP contribution in [-0.4, -0.2) is 26.0 Å². The first kappa shape index (κ1) is 11.0. The minimum Gasteiger partial charge on any atom is -0.493 e. The van der Waals surface area contributed by atoms with E-state index >= 15 is 0 Å². The van der Waals surface area contributed by atoms with E-state index in [4.69, 9.17) is 9.47 Å². The molecular weight excluding hydrogens is 202 g/mol. The molecule has 0 atom stereocenters. The Balaban J connectivity index is 2.40. The Morgan fingerprint density at radius 2 is 2.06 bits per heavy atom. The van der Waals surface area contributed by atoms with Gasteiger partial charge in [0.25, 0.3) is 0 Å². The largest absolute Gasteiger partial charge is 0.493 e. The highest BCUT2D eigenvalue weighted by molar-refractivity contribution is 5.84. The van der Waals surface area contributed by atoms with Crippen molar-refractivity contribution in [1.29, 1.82) is 0 Å². The van der Waals surface area contributed by atoms with Gasteiger partial charge in [-0.1, -0.05) is 0 Å². The summed E-state index contributed by atoms with van der Waals surface area (Å²) in [6.07, 6.45) is 3.04. The van der Waals surface area contributed by atoms with Crippen LogP contribution in [0, 0.1) is 0 Å². The van der Waals surface area contributed by atoms with Crippen LogP contribution < -0.4 is 9.47 Å². The van der Waals surface area contributed by atoms with Crippen LogP contribution in [0.25, 0.3) is 0 Å². The van der Waals surface area contributed by atoms with Gasteiger partial charge in [-0.15, -0.1) is 0 Å². The molecule has 2 rings (SSSR count). The molecule has 0 N–H and O–H groups in total. The molecule has 1 aliphatic heterocycles. The van der Waals surface area contributed by atoms with Crippen LogP contribution in [0.5, 0.6) is 11.5 Å². The van der Waals surface area contributed by atoms with Crippen LogP contribution in [-0.2, 0) is 6.42 Å². The van der Waals surface area contributed by atoms with Crippen molar-refractivity contribution < 1.29 is 9.47 Å². The maximum absolute atomic E-state index is 5.73. The summed E-state index contributed by atoms with van der Waals surface area (Å²) >= 11 is 0. The molecule has 0 amide bonds. The maximum Gasteiger partial charge on any atom is 0.161 e. The van der Waals surface area contributed by atoms with Crippen LogP contribution >= 0.6 is 0 Å². The lowest BCUT2D eigenvalue weighted by Crippen LogP contribution is -2.09. The standard InChI is InChI=1S/C13H17NO2/c1-9(2)16-13-6-10-4-5-14-8-11(10)7-12(13)15-3/h6-9H,4-5H2,1-3H3. The minimum absolute atomic E-state index is 0.157. The molecule has 16 heavy (non-hydrogen) atoms. The summed E-state index contributed by atoms with van der Waals surface area (Å²) in [6.45, 7) is 4.89. The summed E-state index contributed by atoms with van der Waals surface area (Å²) in [5.74, 6) is 1.60. The fourth-order valence-corrected chi connectivity index (χ4v) is 1.81. The van der Waals surface area contributed by atoms with Crippen molar-refractivity contribution in [3.8, 4) is 11.5 Å². The molecule has 0 radical (unpaired) electrons. The van der Waals surface area contributed by atoms with Gasteiger partial charge in [-0.3, -0.25) is 4.99 Å². The Morgan fingerprint density at radius 3 is 2.75 bits per heavy atom. The highest BCUT2D eigenvalue weighted by atomic mass is 16.5. The topological polar surface area (TPSA) is 30.8 Å². The number of hydrogen-bond donors (Lipinski definition) is 0. The molecule has 1 aromatic rings. The molecule has 0 saturated heterocycles. The summed E-state index contributed by atoms with van der Waals surface area (Å²) in [6, 6.07) is 4.06. The van der Waals surface area contributed by atoms with Crippen molar-refractivity contribution >= 4 is 6.21 Å². The third kappa shape index (κ3) is 2.18. The highest BCUT2D eigenvalue weighted by Crippen LogP contribution is 2.32. The van der Waals surface area contributed by atoms with E-state index in [0.29, 0.717) is 0 Å². The lowest BCUT2D eigenvalue weighted by molar-refractivity contribution is 0.230. The van der Waals surface area contributed by atoms with Gasteiger partial charge in [0.1, 0.15) is 0 Å². The minimum atomic E-state index is 0.157. The Labute approximate surface area is 96.1 Å². The highest BCUT2D eigenvalue weighted by Gasteiger charge is 2.13. The number of fused-ring (bicyclic) bond motifs is 1. The van der Waals surface area contributed by atoms with Gasteiger partial charge in [0.2, 0.25) is 0 Å². The summed E-state index contributed by atoms with van der Waals surface area (Å²) in [4.78, 5) is 4.26. The van der Waals surface area contributed by atoms with Crippen molar-refractivity contribution in [3.63, 3.8) is 0 Å². The van der Waals surface area contributed by atoms with Gasteiger partial charge in [-0.2, -0.15) is 0 Å². The van der Waals surface area contributed by atoms with E-state index in [-0.39, 0.29) is 6.10 Å². The first-order valence-electron chi connectivity index (χ1n) is 5.58. The van der Waals surface area contributed by atoms with E-state index in [1.807, 2.05) is 26.1 Å². The first-order chi connectivity index (χ1) is 7.70. The lowest BCUT2D eigenvalue weighted by atomic mass is 10.0. The molecule has 3 heteroatoms. The second-order valence-corrected chi connectivity index (χ2v) is 4.15. The molecule has 0 spiro atoms. The predicted octanol–water partition coefficient (Wildman–Crippen LogP) is 2.46. The molecule has 0 saturated carbocycles. The lowest BCUT2D eigenvalue weighted by Gasteiger charge is -2.17. The summed E-state index contributed by atoms with van der Waals surface area (Å²) in [5.41, 5.74) is 2.42. The SMILES string of the molecule is COc1cc2c(cc1OC(C)C)CCN=C2.